The minimum atomic E-state index is -0.436. The number of ketones is 1. The highest BCUT2D eigenvalue weighted by Gasteiger charge is 2.19. The number of halogens is 1. The number of hydrogen-bond donors (Lipinski definition) is 0. The first kappa shape index (κ1) is 29.0. The predicted octanol–water partition coefficient (Wildman–Crippen LogP) is 6.29. The first-order chi connectivity index (χ1) is 20.7. The van der Waals surface area contributed by atoms with E-state index in [4.69, 9.17) is 14.2 Å². The lowest BCUT2D eigenvalue weighted by Gasteiger charge is -2.15. The highest BCUT2D eigenvalue weighted by atomic mass is 19.1. The molecule has 0 atom stereocenters. The lowest BCUT2D eigenvalue weighted by Crippen LogP contribution is -2.22. The van der Waals surface area contributed by atoms with E-state index in [1.807, 2.05) is 13.8 Å². The molecule has 0 radical (unpaired) electrons. The van der Waals surface area contributed by atoms with Crippen LogP contribution in [-0.4, -0.2) is 34.5 Å². The third-order valence-electron chi connectivity index (χ3n) is 6.90. The molecule has 0 amide bonds. The minimum Gasteiger partial charge on any atom is -0.493 e. The van der Waals surface area contributed by atoms with E-state index < -0.39 is 17.0 Å². The Bertz CT molecular complexity index is 1930. The highest BCUT2D eigenvalue weighted by molar-refractivity contribution is 5.98. The maximum atomic E-state index is 13.5. The van der Waals surface area contributed by atoms with Crippen molar-refractivity contribution in [2.75, 3.05) is 14.2 Å². The van der Waals surface area contributed by atoms with Crippen molar-refractivity contribution in [3.05, 3.63) is 106 Å². The number of carbonyl (C=O) groups is 1. The Labute approximate surface area is 246 Å². The van der Waals surface area contributed by atoms with Crippen molar-refractivity contribution >= 4 is 16.7 Å². The first-order valence-electron chi connectivity index (χ1n) is 13.3. The molecule has 0 saturated heterocycles. The molecule has 0 saturated carbocycles. The molecule has 5 aromatic rings. The van der Waals surface area contributed by atoms with Gasteiger partial charge in [-0.3, -0.25) is 19.6 Å². The van der Waals surface area contributed by atoms with Gasteiger partial charge in [-0.05, 0) is 49.7 Å². The quantitative estimate of drug-likeness (QED) is 0.188. The summed E-state index contributed by atoms with van der Waals surface area (Å²) in [5.41, 5.74) is 1.58. The molecular formula is C33H27FN4O5. The molecule has 0 bridgehead atoms. The Morgan fingerprint density at radius 1 is 1.00 bits per heavy atom. The summed E-state index contributed by atoms with van der Waals surface area (Å²) in [5.74, 6) is 0.708. The zero-order valence-electron chi connectivity index (χ0n) is 23.9. The topological polar surface area (TPSA) is 116 Å². The summed E-state index contributed by atoms with van der Waals surface area (Å²) in [6.45, 7) is 3.87. The lowest BCUT2D eigenvalue weighted by atomic mass is 10.0. The van der Waals surface area contributed by atoms with Crippen LogP contribution >= 0.6 is 0 Å². The third kappa shape index (κ3) is 5.92. The summed E-state index contributed by atoms with van der Waals surface area (Å²) in [7, 11) is 3.03. The van der Waals surface area contributed by atoms with Crippen molar-refractivity contribution in [3.63, 3.8) is 0 Å². The molecule has 0 aliphatic rings. The molecule has 0 N–H and O–H groups in total. The van der Waals surface area contributed by atoms with Crippen LogP contribution in [0, 0.1) is 17.1 Å². The molecule has 5 rings (SSSR count). The molecule has 0 spiro atoms. The van der Waals surface area contributed by atoms with Gasteiger partial charge in [-0.1, -0.05) is 12.1 Å². The lowest BCUT2D eigenvalue weighted by molar-refractivity contribution is 0.0990. The number of carbonyl (C=O) groups excluding carboxylic acids is 1. The Balaban J connectivity index is 1.43. The van der Waals surface area contributed by atoms with E-state index >= 15 is 0 Å². The molecular weight excluding hydrogens is 551 g/mol. The second-order valence-electron chi connectivity index (χ2n) is 9.99. The van der Waals surface area contributed by atoms with Gasteiger partial charge in [-0.25, -0.2) is 4.39 Å². The molecule has 2 aromatic carbocycles. The summed E-state index contributed by atoms with van der Waals surface area (Å²) in [4.78, 5) is 35.4. The average molecular weight is 579 g/mol. The van der Waals surface area contributed by atoms with Gasteiger partial charge in [0.05, 0.1) is 37.9 Å². The molecule has 0 unspecified atom stereocenters. The van der Waals surface area contributed by atoms with Gasteiger partial charge in [-0.15, -0.1) is 0 Å². The molecule has 3 heterocycles. The number of ether oxygens (including phenoxy) is 3. The zero-order chi connectivity index (χ0) is 30.7. The maximum absolute atomic E-state index is 13.5. The number of hydrogen-bond acceptors (Lipinski definition) is 8. The average Bonchev–Trinajstić information content (AvgIpc) is 3.01. The molecule has 9 nitrogen and oxygen atoms in total. The van der Waals surface area contributed by atoms with Crippen molar-refractivity contribution in [2.24, 2.45) is 0 Å². The fourth-order valence-electron chi connectivity index (χ4n) is 4.57. The number of nitriles is 1. The van der Waals surface area contributed by atoms with Gasteiger partial charge in [0.25, 0.3) is 0 Å². The second-order valence-corrected chi connectivity index (χ2v) is 9.99. The SMILES string of the molecule is COc1cc2ncc(C#N)c(Oc3ccc(CC(=O)c4cn(C(C)C)cc(-c5ccc(F)cc5)c4=O)nc3)c2cc1OC. The van der Waals surface area contributed by atoms with Crippen LogP contribution in [0.2, 0.25) is 0 Å². The predicted molar refractivity (Wildman–Crippen MR) is 158 cm³/mol. The van der Waals surface area contributed by atoms with E-state index in [1.54, 1.807) is 41.2 Å². The highest BCUT2D eigenvalue weighted by Crippen LogP contribution is 2.38. The fraction of sp³-hybridized carbons (Fsp3) is 0.182. The molecule has 0 aliphatic heterocycles. The fourth-order valence-corrected chi connectivity index (χ4v) is 4.57. The van der Waals surface area contributed by atoms with Crippen LogP contribution in [0.25, 0.3) is 22.0 Å². The number of nitrogens with zero attached hydrogens (tertiary/aromatic N) is 4. The summed E-state index contributed by atoms with van der Waals surface area (Å²) >= 11 is 0. The van der Waals surface area contributed by atoms with Gasteiger partial charge in [0.1, 0.15) is 23.2 Å². The summed E-state index contributed by atoms with van der Waals surface area (Å²) in [6, 6.07) is 14.3. The van der Waals surface area contributed by atoms with Crippen molar-refractivity contribution in [2.45, 2.75) is 26.3 Å². The number of fused-ring (bicyclic) bond motifs is 1. The van der Waals surface area contributed by atoms with Crippen LogP contribution in [0.1, 0.15) is 41.5 Å². The Hall–Kier alpha value is -5.56. The maximum Gasteiger partial charge on any atom is 0.200 e. The van der Waals surface area contributed by atoms with Crippen molar-refractivity contribution in [1.82, 2.24) is 14.5 Å². The Morgan fingerprint density at radius 2 is 1.72 bits per heavy atom. The molecule has 216 valence electrons. The van der Waals surface area contributed by atoms with E-state index in [9.17, 15) is 19.2 Å². The van der Waals surface area contributed by atoms with E-state index in [2.05, 4.69) is 16.0 Å². The first-order valence-corrected chi connectivity index (χ1v) is 13.3. The summed E-state index contributed by atoms with van der Waals surface area (Å²) < 4.78 is 32.1. The van der Waals surface area contributed by atoms with Crippen molar-refractivity contribution in [1.29, 1.82) is 5.26 Å². The van der Waals surface area contributed by atoms with Gasteiger partial charge in [0.15, 0.2) is 28.5 Å². The van der Waals surface area contributed by atoms with Crippen LogP contribution in [-0.2, 0) is 6.42 Å². The zero-order valence-corrected chi connectivity index (χ0v) is 23.9. The van der Waals surface area contributed by atoms with Crippen molar-refractivity contribution in [3.8, 4) is 40.2 Å². The van der Waals surface area contributed by atoms with Gasteiger partial charge in [0.2, 0.25) is 0 Å². The number of Topliss-reactive ketones (excluding diaryl/α,β-unsaturated/α-hetero) is 1. The number of aromatic nitrogens is 3. The van der Waals surface area contributed by atoms with Crippen LogP contribution in [0.5, 0.6) is 23.0 Å². The van der Waals surface area contributed by atoms with Gasteiger partial charge >= 0.3 is 0 Å². The molecule has 0 fully saturated rings. The van der Waals surface area contributed by atoms with Gasteiger partial charge < -0.3 is 18.8 Å². The number of rotatable bonds is 9. The Morgan fingerprint density at radius 3 is 2.35 bits per heavy atom. The smallest absolute Gasteiger partial charge is 0.200 e. The van der Waals surface area contributed by atoms with Crippen LogP contribution in [0.15, 0.2) is 78.1 Å². The number of pyridine rings is 3. The monoisotopic (exact) mass is 578 g/mol. The molecule has 10 heteroatoms. The van der Waals surface area contributed by atoms with Crippen LogP contribution < -0.4 is 19.6 Å². The largest absolute Gasteiger partial charge is 0.493 e. The second kappa shape index (κ2) is 12.1. The van der Waals surface area contributed by atoms with Gasteiger partial charge in [0, 0.05) is 47.3 Å². The van der Waals surface area contributed by atoms with E-state index in [-0.39, 0.29) is 29.3 Å². The number of benzene rings is 2. The standard InChI is InChI=1S/C33H27FN4O5/c1-19(2)38-17-26(20-5-7-22(34)8-6-20)32(40)27(18-38)29(39)11-23-9-10-24(16-36-23)43-33-21(14-35)15-37-28-13-31(42-4)30(41-3)12-25(28)33/h5-10,12-13,15-19H,11H2,1-4H3. The van der Waals surface area contributed by atoms with Crippen molar-refractivity contribution < 1.29 is 23.4 Å². The van der Waals surface area contributed by atoms with E-state index in [1.165, 1.54) is 50.9 Å². The normalized spacial score (nSPS) is 10.9. The Kier molecular flexibility index (Phi) is 8.16. The van der Waals surface area contributed by atoms with E-state index in [0.717, 1.165) is 0 Å². The van der Waals surface area contributed by atoms with Crippen LogP contribution in [0.4, 0.5) is 4.39 Å². The number of methoxy groups -OCH3 is 2. The van der Waals surface area contributed by atoms with Crippen LogP contribution in [0.3, 0.4) is 0 Å². The minimum absolute atomic E-state index is 0.0175. The van der Waals surface area contributed by atoms with E-state index in [0.29, 0.717) is 45.0 Å². The van der Waals surface area contributed by atoms with Gasteiger partial charge in [-0.2, -0.15) is 5.26 Å². The third-order valence-corrected chi connectivity index (χ3v) is 6.90. The molecule has 0 aliphatic carbocycles. The summed E-state index contributed by atoms with van der Waals surface area (Å²) in [5, 5.41) is 10.2. The summed E-state index contributed by atoms with van der Waals surface area (Å²) in [6.07, 6.45) is 5.94. The molecule has 3 aromatic heterocycles. The molecule has 43 heavy (non-hydrogen) atoms.